The molecule has 1 atom stereocenters. The zero-order chi connectivity index (χ0) is 7.68. The summed E-state index contributed by atoms with van der Waals surface area (Å²) >= 11 is 5.82. The first-order valence-corrected chi connectivity index (χ1v) is 4.51. The van der Waals surface area contributed by atoms with Crippen molar-refractivity contribution in [2.45, 2.75) is 25.3 Å². The summed E-state index contributed by atoms with van der Waals surface area (Å²) in [5.74, 6) is 1.26. The molecule has 3 heteroatoms. The maximum Gasteiger partial charge on any atom is 0.0948 e. The van der Waals surface area contributed by atoms with Gasteiger partial charge in [-0.3, -0.25) is 0 Å². The van der Waals surface area contributed by atoms with Gasteiger partial charge in [0.15, 0.2) is 0 Å². The molecule has 0 saturated carbocycles. The monoisotopic (exact) mass is 170 g/mol. The van der Waals surface area contributed by atoms with Gasteiger partial charge in [-0.15, -0.1) is 11.6 Å². The summed E-state index contributed by atoms with van der Waals surface area (Å²) < 4.78 is 2.20. The lowest BCUT2D eigenvalue weighted by Gasteiger charge is -2.21. The van der Waals surface area contributed by atoms with Gasteiger partial charge in [0, 0.05) is 30.2 Å². The van der Waals surface area contributed by atoms with Crippen LogP contribution in [0.4, 0.5) is 0 Å². The van der Waals surface area contributed by atoms with Gasteiger partial charge in [-0.1, -0.05) is 0 Å². The topological polar surface area (TPSA) is 17.8 Å². The average molecular weight is 171 g/mol. The fourth-order valence-electron chi connectivity index (χ4n) is 1.67. The van der Waals surface area contributed by atoms with Crippen LogP contribution >= 0.6 is 11.6 Å². The van der Waals surface area contributed by atoms with Crippen LogP contribution in [-0.2, 0) is 6.54 Å². The highest BCUT2D eigenvalue weighted by atomic mass is 35.5. The standard InChI is InChI=1S/C8H11ClN2/c9-4-7-2-1-3-11-6-10-5-8(7)11/h5-7H,1-4H2. The van der Waals surface area contributed by atoms with Gasteiger partial charge < -0.3 is 4.57 Å². The molecule has 0 radical (unpaired) electrons. The SMILES string of the molecule is ClCC1CCCn2cncc21. The van der Waals surface area contributed by atoms with Gasteiger partial charge in [-0.05, 0) is 12.8 Å². The Morgan fingerprint density at radius 3 is 3.45 bits per heavy atom. The Bertz CT molecular complexity index is 244. The predicted molar refractivity (Wildman–Crippen MR) is 44.9 cm³/mol. The summed E-state index contributed by atoms with van der Waals surface area (Å²) in [6.07, 6.45) is 6.29. The molecule has 1 aliphatic rings. The molecule has 60 valence electrons. The first-order valence-electron chi connectivity index (χ1n) is 3.98. The van der Waals surface area contributed by atoms with E-state index in [9.17, 15) is 0 Å². The van der Waals surface area contributed by atoms with Crippen molar-refractivity contribution in [1.82, 2.24) is 9.55 Å². The van der Waals surface area contributed by atoms with E-state index in [1.54, 1.807) is 0 Å². The molecule has 0 bridgehead atoms. The van der Waals surface area contributed by atoms with Gasteiger partial charge in [0.05, 0.1) is 6.33 Å². The van der Waals surface area contributed by atoms with Crippen molar-refractivity contribution in [2.24, 2.45) is 0 Å². The average Bonchev–Trinajstić information content (AvgIpc) is 2.50. The molecule has 1 aromatic rings. The fraction of sp³-hybridized carbons (Fsp3) is 0.625. The minimum Gasteiger partial charge on any atom is -0.334 e. The molecule has 2 nitrogen and oxygen atoms in total. The summed E-state index contributed by atoms with van der Waals surface area (Å²) in [6, 6.07) is 0. The third-order valence-corrected chi connectivity index (χ3v) is 2.67. The lowest BCUT2D eigenvalue weighted by Crippen LogP contribution is -2.15. The second kappa shape index (κ2) is 2.86. The molecule has 11 heavy (non-hydrogen) atoms. The summed E-state index contributed by atoms with van der Waals surface area (Å²) in [7, 11) is 0. The van der Waals surface area contributed by atoms with Gasteiger partial charge >= 0.3 is 0 Å². The van der Waals surface area contributed by atoms with Crippen molar-refractivity contribution >= 4 is 11.6 Å². The van der Waals surface area contributed by atoms with E-state index in [1.807, 2.05) is 12.5 Å². The van der Waals surface area contributed by atoms with E-state index in [1.165, 1.54) is 18.5 Å². The zero-order valence-electron chi connectivity index (χ0n) is 6.33. The third-order valence-electron chi connectivity index (χ3n) is 2.30. The summed E-state index contributed by atoms with van der Waals surface area (Å²) in [5, 5.41) is 0. The molecule has 0 fully saturated rings. The molecule has 0 aromatic carbocycles. The van der Waals surface area contributed by atoms with Crippen LogP contribution in [0.25, 0.3) is 0 Å². The van der Waals surface area contributed by atoms with Crippen molar-refractivity contribution in [3.8, 4) is 0 Å². The highest BCUT2D eigenvalue weighted by Gasteiger charge is 2.18. The van der Waals surface area contributed by atoms with Crippen molar-refractivity contribution in [1.29, 1.82) is 0 Å². The van der Waals surface area contributed by atoms with Gasteiger partial charge in [0.1, 0.15) is 0 Å². The van der Waals surface area contributed by atoms with Crippen molar-refractivity contribution in [3.05, 3.63) is 18.2 Å². The lowest BCUT2D eigenvalue weighted by atomic mass is 9.99. The molecular weight excluding hydrogens is 160 g/mol. The highest BCUT2D eigenvalue weighted by Crippen LogP contribution is 2.27. The minimum atomic E-state index is 0.535. The number of hydrogen-bond donors (Lipinski definition) is 0. The van der Waals surface area contributed by atoms with E-state index in [0.29, 0.717) is 5.92 Å². The van der Waals surface area contributed by atoms with Crippen molar-refractivity contribution < 1.29 is 0 Å². The summed E-state index contributed by atoms with van der Waals surface area (Å²) in [4.78, 5) is 4.11. The Kier molecular flexibility index (Phi) is 1.86. The largest absolute Gasteiger partial charge is 0.334 e. The number of fused-ring (bicyclic) bond motifs is 1. The highest BCUT2D eigenvalue weighted by molar-refractivity contribution is 6.18. The predicted octanol–water partition coefficient (Wildman–Crippen LogP) is 2.00. The summed E-state index contributed by atoms with van der Waals surface area (Å²) in [5.41, 5.74) is 1.31. The summed E-state index contributed by atoms with van der Waals surface area (Å²) in [6.45, 7) is 1.11. The van der Waals surface area contributed by atoms with E-state index in [4.69, 9.17) is 11.6 Å². The van der Waals surface area contributed by atoms with Gasteiger partial charge in [0.2, 0.25) is 0 Å². The number of hydrogen-bond acceptors (Lipinski definition) is 1. The van der Waals surface area contributed by atoms with Gasteiger partial charge in [0.25, 0.3) is 0 Å². The van der Waals surface area contributed by atoms with Crippen LogP contribution in [0, 0.1) is 0 Å². The smallest absolute Gasteiger partial charge is 0.0948 e. The molecule has 2 rings (SSSR count). The van der Waals surface area contributed by atoms with Crippen molar-refractivity contribution in [3.63, 3.8) is 0 Å². The molecule has 0 N–H and O–H groups in total. The normalized spacial score (nSPS) is 23.2. The molecular formula is C8H11ClN2. The Morgan fingerprint density at radius 2 is 2.64 bits per heavy atom. The number of aryl methyl sites for hydroxylation is 1. The maximum absolute atomic E-state index is 5.82. The van der Waals surface area contributed by atoms with Gasteiger partial charge in [-0.25, -0.2) is 4.98 Å². The Labute approximate surface area is 71.2 Å². The second-order valence-electron chi connectivity index (χ2n) is 3.01. The Hall–Kier alpha value is -0.500. The molecule has 1 aliphatic heterocycles. The van der Waals surface area contributed by atoms with Crippen LogP contribution in [0.15, 0.2) is 12.5 Å². The third kappa shape index (κ3) is 1.16. The first-order chi connectivity index (χ1) is 5.42. The zero-order valence-corrected chi connectivity index (χ0v) is 7.09. The number of rotatable bonds is 1. The van der Waals surface area contributed by atoms with Crippen LogP contribution < -0.4 is 0 Å². The molecule has 2 heterocycles. The number of imidazole rings is 1. The van der Waals surface area contributed by atoms with Crippen LogP contribution in [0.5, 0.6) is 0 Å². The quantitative estimate of drug-likeness (QED) is 0.590. The molecule has 0 saturated heterocycles. The van der Waals surface area contributed by atoms with Gasteiger partial charge in [-0.2, -0.15) is 0 Å². The van der Waals surface area contributed by atoms with E-state index in [2.05, 4.69) is 9.55 Å². The van der Waals surface area contributed by atoms with E-state index in [-0.39, 0.29) is 0 Å². The van der Waals surface area contributed by atoms with Crippen LogP contribution in [0.1, 0.15) is 24.5 Å². The minimum absolute atomic E-state index is 0.535. The maximum atomic E-state index is 5.82. The number of halogens is 1. The molecule has 1 unspecified atom stereocenters. The fourth-order valence-corrected chi connectivity index (χ4v) is 1.98. The molecule has 0 amide bonds. The van der Waals surface area contributed by atoms with Crippen LogP contribution in [0.2, 0.25) is 0 Å². The van der Waals surface area contributed by atoms with Crippen LogP contribution in [0.3, 0.4) is 0 Å². The van der Waals surface area contributed by atoms with E-state index < -0.39 is 0 Å². The molecule has 0 spiro atoms. The van der Waals surface area contributed by atoms with Crippen molar-refractivity contribution in [2.75, 3.05) is 5.88 Å². The second-order valence-corrected chi connectivity index (χ2v) is 3.31. The Balaban J connectivity index is 2.32. The number of aromatic nitrogens is 2. The lowest BCUT2D eigenvalue weighted by molar-refractivity contribution is 0.477. The number of alkyl halides is 1. The van der Waals surface area contributed by atoms with E-state index in [0.717, 1.165) is 12.4 Å². The Morgan fingerprint density at radius 1 is 1.73 bits per heavy atom. The number of nitrogens with zero attached hydrogens (tertiary/aromatic N) is 2. The van der Waals surface area contributed by atoms with Crippen LogP contribution in [-0.4, -0.2) is 15.4 Å². The first kappa shape index (κ1) is 7.17. The molecule has 0 aliphatic carbocycles. The molecule has 1 aromatic heterocycles. The van der Waals surface area contributed by atoms with E-state index >= 15 is 0 Å².